The van der Waals surface area contributed by atoms with E-state index in [9.17, 15) is 4.79 Å². The minimum atomic E-state index is -0.143. The van der Waals surface area contributed by atoms with Gasteiger partial charge in [-0.25, -0.2) is 0 Å². The van der Waals surface area contributed by atoms with Crippen molar-refractivity contribution in [3.63, 3.8) is 0 Å². The Balaban J connectivity index is 2.31. The zero-order valence-electron chi connectivity index (χ0n) is 11.1. The molecular weight excluding hydrogens is 293 g/mol. The third-order valence-electron chi connectivity index (χ3n) is 2.96. The minimum absolute atomic E-state index is 0.0572. The van der Waals surface area contributed by atoms with Gasteiger partial charge in [-0.3, -0.25) is 4.79 Å². The Morgan fingerprint density at radius 3 is 2.55 bits per heavy atom. The van der Waals surface area contributed by atoms with Crippen LogP contribution in [0.2, 0.25) is 5.02 Å². The molecule has 2 aromatic rings. The molecule has 20 heavy (non-hydrogen) atoms. The summed E-state index contributed by atoms with van der Waals surface area (Å²) in [7, 11) is 0. The summed E-state index contributed by atoms with van der Waals surface area (Å²) in [5.74, 6) is -0.200. The normalized spacial score (nSPS) is 10.3. The van der Waals surface area contributed by atoms with E-state index in [-0.39, 0.29) is 11.8 Å². The van der Waals surface area contributed by atoms with Crippen LogP contribution < -0.4 is 4.90 Å². The first-order chi connectivity index (χ1) is 9.60. The molecule has 0 saturated carbocycles. The predicted molar refractivity (Wildman–Crippen MR) is 84.5 cm³/mol. The van der Waals surface area contributed by atoms with E-state index in [1.54, 1.807) is 17.0 Å². The zero-order chi connectivity index (χ0) is 14.5. The molecular formula is C16H15Cl2NO. The highest BCUT2D eigenvalue weighted by molar-refractivity contribution is 6.31. The van der Waals surface area contributed by atoms with Crippen molar-refractivity contribution in [2.24, 2.45) is 0 Å². The molecule has 0 aliphatic rings. The number of nitrogens with zero attached hydrogens (tertiary/aromatic N) is 1. The fourth-order valence-corrected chi connectivity index (χ4v) is 2.36. The van der Waals surface area contributed by atoms with E-state index in [1.807, 2.05) is 37.3 Å². The number of halogens is 2. The molecule has 2 nitrogen and oxygen atoms in total. The number of benzene rings is 2. The van der Waals surface area contributed by atoms with Gasteiger partial charge in [-0.2, -0.15) is 0 Å². The molecule has 0 unspecified atom stereocenters. The van der Waals surface area contributed by atoms with Crippen LogP contribution in [-0.2, 0) is 11.3 Å². The SMILES string of the molecule is Cc1cccc(CN(C(=O)CCl)c2cccc(Cl)c2)c1. The zero-order valence-corrected chi connectivity index (χ0v) is 12.7. The van der Waals surface area contributed by atoms with Gasteiger partial charge in [0, 0.05) is 10.7 Å². The molecule has 1 amide bonds. The van der Waals surface area contributed by atoms with Crippen molar-refractivity contribution in [1.29, 1.82) is 0 Å². The summed E-state index contributed by atoms with van der Waals surface area (Å²) < 4.78 is 0. The Labute approximate surface area is 128 Å². The molecule has 2 rings (SSSR count). The highest BCUT2D eigenvalue weighted by Crippen LogP contribution is 2.22. The number of hydrogen-bond acceptors (Lipinski definition) is 1. The van der Waals surface area contributed by atoms with E-state index < -0.39 is 0 Å². The lowest BCUT2D eigenvalue weighted by Gasteiger charge is -2.22. The predicted octanol–water partition coefficient (Wildman–Crippen LogP) is 4.42. The first-order valence-electron chi connectivity index (χ1n) is 6.27. The molecule has 0 N–H and O–H groups in total. The van der Waals surface area contributed by atoms with Crippen molar-refractivity contribution in [3.8, 4) is 0 Å². The smallest absolute Gasteiger partial charge is 0.242 e. The van der Waals surface area contributed by atoms with Gasteiger partial charge in [-0.05, 0) is 30.7 Å². The maximum Gasteiger partial charge on any atom is 0.242 e. The van der Waals surface area contributed by atoms with Gasteiger partial charge in [0.1, 0.15) is 5.88 Å². The number of anilines is 1. The highest BCUT2D eigenvalue weighted by atomic mass is 35.5. The van der Waals surface area contributed by atoms with E-state index in [4.69, 9.17) is 23.2 Å². The number of amides is 1. The van der Waals surface area contributed by atoms with Crippen molar-refractivity contribution in [3.05, 3.63) is 64.7 Å². The number of carbonyl (C=O) groups is 1. The first kappa shape index (κ1) is 14.9. The van der Waals surface area contributed by atoms with Crippen molar-refractivity contribution >= 4 is 34.8 Å². The molecule has 0 saturated heterocycles. The van der Waals surface area contributed by atoms with Gasteiger partial charge in [0.05, 0.1) is 6.54 Å². The second kappa shape index (κ2) is 6.78. The fraction of sp³-hybridized carbons (Fsp3) is 0.188. The van der Waals surface area contributed by atoms with Crippen LogP contribution in [0.25, 0.3) is 0 Å². The summed E-state index contributed by atoms with van der Waals surface area (Å²) in [6, 6.07) is 15.3. The molecule has 104 valence electrons. The third kappa shape index (κ3) is 3.75. The lowest BCUT2D eigenvalue weighted by Crippen LogP contribution is -2.31. The van der Waals surface area contributed by atoms with Crippen molar-refractivity contribution < 1.29 is 4.79 Å². The molecule has 0 aliphatic carbocycles. The van der Waals surface area contributed by atoms with Crippen LogP contribution in [0, 0.1) is 6.92 Å². The van der Waals surface area contributed by atoms with E-state index in [1.165, 1.54) is 0 Å². The van der Waals surface area contributed by atoms with Crippen molar-refractivity contribution in [2.75, 3.05) is 10.8 Å². The summed E-state index contributed by atoms with van der Waals surface area (Å²) in [6.07, 6.45) is 0. The molecule has 0 fully saturated rings. The Kier molecular flexibility index (Phi) is 5.05. The summed E-state index contributed by atoms with van der Waals surface area (Å²) in [5, 5.41) is 0.596. The van der Waals surface area contributed by atoms with Gasteiger partial charge in [0.25, 0.3) is 0 Å². The number of rotatable bonds is 4. The second-order valence-electron chi connectivity index (χ2n) is 4.58. The Hall–Kier alpha value is -1.51. The molecule has 0 heterocycles. The summed E-state index contributed by atoms with van der Waals surface area (Å²) in [6.45, 7) is 2.50. The molecule has 0 aliphatic heterocycles. The Morgan fingerprint density at radius 2 is 1.90 bits per heavy atom. The summed E-state index contributed by atoms with van der Waals surface area (Å²) in [5.41, 5.74) is 2.97. The van der Waals surface area contributed by atoms with Gasteiger partial charge in [-0.1, -0.05) is 47.5 Å². The minimum Gasteiger partial charge on any atom is -0.307 e. The van der Waals surface area contributed by atoms with E-state index in [0.29, 0.717) is 11.6 Å². The molecule has 0 bridgehead atoms. The molecule has 0 radical (unpaired) electrons. The van der Waals surface area contributed by atoms with Crippen LogP contribution in [-0.4, -0.2) is 11.8 Å². The maximum atomic E-state index is 12.1. The summed E-state index contributed by atoms with van der Waals surface area (Å²) in [4.78, 5) is 13.7. The van der Waals surface area contributed by atoms with Gasteiger partial charge >= 0.3 is 0 Å². The summed E-state index contributed by atoms with van der Waals surface area (Å²) >= 11 is 11.7. The third-order valence-corrected chi connectivity index (χ3v) is 3.42. The number of alkyl halides is 1. The number of hydrogen-bond donors (Lipinski definition) is 0. The second-order valence-corrected chi connectivity index (χ2v) is 5.29. The van der Waals surface area contributed by atoms with E-state index >= 15 is 0 Å². The molecule has 2 aromatic carbocycles. The lowest BCUT2D eigenvalue weighted by molar-refractivity contribution is -0.116. The fourth-order valence-electron chi connectivity index (χ4n) is 2.03. The average molecular weight is 308 g/mol. The van der Waals surface area contributed by atoms with Crippen molar-refractivity contribution in [1.82, 2.24) is 0 Å². The van der Waals surface area contributed by atoms with E-state index in [2.05, 4.69) is 6.07 Å². The molecule has 4 heteroatoms. The van der Waals surface area contributed by atoms with Crippen LogP contribution in [0.15, 0.2) is 48.5 Å². The van der Waals surface area contributed by atoms with Crippen molar-refractivity contribution in [2.45, 2.75) is 13.5 Å². The van der Waals surface area contributed by atoms with Crippen LogP contribution >= 0.6 is 23.2 Å². The molecule has 0 aromatic heterocycles. The average Bonchev–Trinajstić information content (AvgIpc) is 2.44. The topological polar surface area (TPSA) is 20.3 Å². The Bertz CT molecular complexity index is 613. The number of carbonyl (C=O) groups excluding carboxylic acids is 1. The first-order valence-corrected chi connectivity index (χ1v) is 7.19. The Morgan fingerprint density at radius 1 is 1.15 bits per heavy atom. The van der Waals surface area contributed by atoms with Crippen LogP contribution in [0.5, 0.6) is 0 Å². The van der Waals surface area contributed by atoms with Crippen LogP contribution in [0.3, 0.4) is 0 Å². The van der Waals surface area contributed by atoms with E-state index in [0.717, 1.165) is 16.8 Å². The van der Waals surface area contributed by atoms with Crippen LogP contribution in [0.1, 0.15) is 11.1 Å². The lowest BCUT2D eigenvalue weighted by atomic mass is 10.1. The number of aryl methyl sites for hydroxylation is 1. The van der Waals surface area contributed by atoms with Gasteiger partial charge < -0.3 is 4.90 Å². The largest absolute Gasteiger partial charge is 0.307 e. The van der Waals surface area contributed by atoms with Gasteiger partial charge in [-0.15, -0.1) is 11.6 Å². The van der Waals surface area contributed by atoms with Crippen LogP contribution in [0.4, 0.5) is 5.69 Å². The highest BCUT2D eigenvalue weighted by Gasteiger charge is 2.15. The standard InChI is InChI=1S/C16H15Cl2NO/c1-12-4-2-5-13(8-12)11-19(16(20)10-17)15-7-3-6-14(18)9-15/h2-9H,10-11H2,1H3. The maximum absolute atomic E-state index is 12.1. The van der Waals surface area contributed by atoms with Gasteiger partial charge in [0.15, 0.2) is 0 Å². The monoisotopic (exact) mass is 307 g/mol. The molecule has 0 atom stereocenters. The molecule has 0 spiro atoms. The van der Waals surface area contributed by atoms with Gasteiger partial charge in [0.2, 0.25) is 5.91 Å². The quantitative estimate of drug-likeness (QED) is 0.766.